The van der Waals surface area contributed by atoms with Gasteiger partial charge in [-0.25, -0.2) is 9.78 Å². The normalized spacial score (nSPS) is 15.5. The summed E-state index contributed by atoms with van der Waals surface area (Å²) in [6.45, 7) is 4.25. The number of ether oxygens (including phenoxy) is 1. The molecule has 114 valence electrons. The summed E-state index contributed by atoms with van der Waals surface area (Å²) in [4.78, 5) is 31.4. The molecule has 21 heavy (non-hydrogen) atoms. The highest BCUT2D eigenvalue weighted by atomic mass is 16.5. The van der Waals surface area contributed by atoms with Gasteiger partial charge >= 0.3 is 5.97 Å². The van der Waals surface area contributed by atoms with E-state index in [9.17, 15) is 9.59 Å². The Labute approximate surface area is 123 Å². The maximum atomic E-state index is 11.9. The third-order valence-corrected chi connectivity index (χ3v) is 3.53. The summed E-state index contributed by atoms with van der Waals surface area (Å²) in [5, 5.41) is 0. The number of carbonyl (C=O) groups is 2. The molecule has 0 spiro atoms. The number of methoxy groups -OCH3 is 1. The van der Waals surface area contributed by atoms with Crippen molar-refractivity contribution in [1.82, 2.24) is 9.88 Å². The zero-order chi connectivity index (χ0) is 15.4. The fourth-order valence-electron chi connectivity index (χ4n) is 2.43. The highest BCUT2D eigenvalue weighted by molar-refractivity contribution is 5.95. The molecule has 2 heterocycles. The maximum absolute atomic E-state index is 11.9. The number of aromatic nitrogens is 1. The number of rotatable bonds is 2. The summed E-state index contributed by atoms with van der Waals surface area (Å²) in [5.41, 5.74) is 6.47. The molecular formula is C14H20N4O3. The Kier molecular flexibility index (Phi) is 4.62. The van der Waals surface area contributed by atoms with Gasteiger partial charge in [-0.2, -0.15) is 0 Å². The minimum Gasteiger partial charge on any atom is -0.465 e. The minimum atomic E-state index is -0.461. The first kappa shape index (κ1) is 15.1. The molecule has 0 bridgehead atoms. The molecule has 2 rings (SSSR count). The number of nitrogens with zero attached hydrogens (tertiary/aromatic N) is 3. The van der Waals surface area contributed by atoms with Crippen LogP contribution in [0.3, 0.4) is 0 Å². The van der Waals surface area contributed by atoms with Crippen molar-refractivity contribution in [2.75, 3.05) is 43.9 Å². The molecule has 0 atom stereocenters. The van der Waals surface area contributed by atoms with E-state index < -0.39 is 5.97 Å². The molecule has 0 unspecified atom stereocenters. The third-order valence-electron chi connectivity index (χ3n) is 3.53. The van der Waals surface area contributed by atoms with Gasteiger partial charge in [-0.1, -0.05) is 0 Å². The van der Waals surface area contributed by atoms with Crippen molar-refractivity contribution in [1.29, 1.82) is 0 Å². The molecule has 1 aliphatic heterocycles. The second-order valence-corrected chi connectivity index (χ2v) is 4.98. The van der Waals surface area contributed by atoms with Crippen molar-refractivity contribution in [2.24, 2.45) is 0 Å². The number of amides is 1. The molecule has 1 saturated heterocycles. The van der Waals surface area contributed by atoms with Crippen LogP contribution in [0, 0.1) is 0 Å². The number of hydrogen-bond donors (Lipinski definition) is 1. The summed E-state index contributed by atoms with van der Waals surface area (Å²) in [5.74, 6) is 0.161. The minimum absolute atomic E-state index is 0.0651. The maximum Gasteiger partial charge on any atom is 0.341 e. The Bertz CT molecular complexity index is 547. The van der Waals surface area contributed by atoms with Crippen molar-refractivity contribution in [3.05, 3.63) is 17.8 Å². The Hall–Kier alpha value is -2.31. The first-order valence-electron chi connectivity index (χ1n) is 6.87. The van der Waals surface area contributed by atoms with Crippen LogP contribution in [0.25, 0.3) is 0 Å². The highest BCUT2D eigenvalue weighted by Gasteiger charge is 2.22. The van der Waals surface area contributed by atoms with Gasteiger partial charge in [-0.3, -0.25) is 4.79 Å². The van der Waals surface area contributed by atoms with Crippen molar-refractivity contribution in [3.8, 4) is 0 Å². The van der Waals surface area contributed by atoms with E-state index in [-0.39, 0.29) is 5.91 Å². The SMILES string of the molecule is COC(=O)c1cc(N)cnc1N1CCCN(C(C)=O)CC1. The molecule has 7 nitrogen and oxygen atoms in total. The smallest absolute Gasteiger partial charge is 0.341 e. The molecule has 1 amide bonds. The summed E-state index contributed by atoms with van der Waals surface area (Å²) in [7, 11) is 1.33. The fourth-order valence-corrected chi connectivity index (χ4v) is 2.43. The molecule has 2 N–H and O–H groups in total. The van der Waals surface area contributed by atoms with E-state index in [1.54, 1.807) is 17.9 Å². The highest BCUT2D eigenvalue weighted by Crippen LogP contribution is 2.22. The Balaban J connectivity index is 2.25. The van der Waals surface area contributed by atoms with Crippen LogP contribution in [-0.2, 0) is 9.53 Å². The standard InChI is InChI=1S/C14H20N4O3/c1-10(19)17-4-3-5-18(7-6-17)13-12(14(20)21-2)8-11(15)9-16-13/h8-9H,3-7,15H2,1-2H3. The van der Waals surface area contributed by atoms with E-state index in [4.69, 9.17) is 10.5 Å². The topological polar surface area (TPSA) is 88.8 Å². The lowest BCUT2D eigenvalue weighted by Gasteiger charge is -2.24. The molecular weight excluding hydrogens is 272 g/mol. The van der Waals surface area contributed by atoms with Gasteiger partial charge in [0, 0.05) is 33.1 Å². The molecule has 1 aromatic rings. The van der Waals surface area contributed by atoms with E-state index in [0.29, 0.717) is 36.7 Å². The number of nitrogen functional groups attached to an aromatic ring is 1. The third kappa shape index (κ3) is 3.42. The zero-order valence-electron chi connectivity index (χ0n) is 12.3. The van der Waals surface area contributed by atoms with E-state index in [2.05, 4.69) is 4.98 Å². The van der Waals surface area contributed by atoms with Gasteiger partial charge in [0.15, 0.2) is 0 Å². The molecule has 1 aromatic heterocycles. The lowest BCUT2D eigenvalue weighted by molar-refractivity contribution is -0.128. The second kappa shape index (κ2) is 6.43. The number of nitrogens with two attached hydrogens (primary N) is 1. The van der Waals surface area contributed by atoms with E-state index >= 15 is 0 Å². The number of carbonyl (C=O) groups excluding carboxylic acids is 2. The monoisotopic (exact) mass is 292 g/mol. The van der Waals surface area contributed by atoms with Gasteiger partial charge in [-0.15, -0.1) is 0 Å². The Morgan fingerprint density at radius 2 is 2.05 bits per heavy atom. The van der Waals surface area contributed by atoms with Crippen LogP contribution in [0.2, 0.25) is 0 Å². The quantitative estimate of drug-likeness (QED) is 0.799. The van der Waals surface area contributed by atoms with Crippen molar-refractivity contribution in [2.45, 2.75) is 13.3 Å². The number of pyridine rings is 1. The van der Waals surface area contributed by atoms with Crippen molar-refractivity contribution < 1.29 is 14.3 Å². The Morgan fingerprint density at radius 3 is 2.71 bits per heavy atom. The van der Waals surface area contributed by atoms with E-state index in [1.165, 1.54) is 13.3 Å². The summed E-state index contributed by atoms with van der Waals surface area (Å²) >= 11 is 0. The first-order chi connectivity index (χ1) is 10.0. The fraction of sp³-hybridized carbons (Fsp3) is 0.500. The predicted octanol–water partition coefficient (Wildman–Crippen LogP) is 0.509. The average molecular weight is 292 g/mol. The van der Waals surface area contributed by atoms with Crippen LogP contribution in [0.1, 0.15) is 23.7 Å². The summed E-state index contributed by atoms with van der Waals surface area (Å²) < 4.78 is 4.79. The van der Waals surface area contributed by atoms with Gasteiger partial charge in [-0.05, 0) is 12.5 Å². The molecule has 0 radical (unpaired) electrons. The van der Waals surface area contributed by atoms with Gasteiger partial charge in [0.2, 0.25) is 5.91 Å². The van der Waals surface area contributed by atoms with Gasteiger partial charge in [0.1, 0.15) is 11.4 Å². The summed E-state index contributed by atoms with van der Waals surface area (Å²) in [6.07, 6.45) is 2.35. The first-order valence-corrected chi connectivity index (χ1v) is 6.87. The van der Waals surface area contributed by atoms with Crippen molar-refractivity contribution >= 4 is 23.4 Å². The summed E-state index contributed by atoms with van der Waals surface area (Å²) in [6, 6.07) is 1.57. The Morgan fingerprint density at radius 1 is 1.29 bits per heavy atom. The lowest BCUT2D eigenvalue weighted by atomic mass is 10.2. The predicted molar refractivity (Wildman–Crippen MR) is 79.1 cm³/mol. The largest absolute Gasteiger partial charge is 0.465 e. The number of hydrogen-bond acceptors (Lipinski definition) is 6. The van der Waals surface area contributed by atoms with Crippen LogP contribution in [0.5, 0.6) is 0 Å². The molecule has 0 saturated carbocycles. The zero-order valence-corrected chi connectivity index (χ0v) is 12.3. The lowest BCUT2D eigenvalue weighted by Crippen LogP contribution is -2.34. The van der Waals surface area contributed by atoms with Gasteiger partial charge in [0.25, 0.3) is 0 Å². The van der Waals surface area contributed by atoms with Crippen LogP contribution in [0.4, 0.5) is 11.5 Å². The van der Waals surface area contributed by atoms with Gasteiger partial charge in [0.05, 0.1) is 19.0 Å². The van der Waals surface area contributed by atoms with Crippen LogP contribution < -0.4 is 10.6 Å². The van der Waals surface area contributed by atoms with Crippen LogP contribution in [0.15, 0.2) is 12.3 Å². The van der Waals surface area contributed by atoms with Crippen LogP contribution >= 0.6 is 0 Å². The van der Waals surface area contributed by atoms with E-state index in [1.807, 2.05) is 4.90 Å². The van der Waals surface area contributed by atoms with Crippen LogP contribution in [-0.4, -0.2) is 55.0 Å². The van der Waals surface area contributed by atoms with E-state index in [0.717, 1.165) is 13.0 Å². The molecule has 1 aliphatic rings. The second-order valence-electron chi connectivity index (χ2n) is 4.98. The molecule has 7 heteroatoms. The molecule has 1 fully saturated rings. The number of esters is 1. The molecule has 0 aliphatic carbocycles. The van der Waals surface area contributed by atoms with Gasteiger partial charge < -0.3 is 20.3 Å². The van der Waals surface area contributed by atoms with Crippen molar-refractivity contribution in [3.63, 3.8) is 0 Å². The average Bonchev–Trinajstić information content (AvgIpc) is 2.72. The molecule has 0 aromatic carbocycles. The number of anilines is 2.